The molecule has 0 spiro atoms. The molecule has 2 atom stereocenters. The van der Waals surface area contributed by atoms with Crippen molar-refractivity contribution in [1.82, 2.24) is 16.0 Å². The Bertz CT molecular complexity index is 73.2. The second-order valence-corrected chi connectivity index (χ2v) is 2.74. The molecule has 3 N–H and O–H groups in total. The van der Waals surface area contributed by atoms with Gasteiger partial charge < -0.3 is 0 Å². The minimum Gasteiger partial charge on any atom is -0.287 e. The number of halogens is 1. The van der Waals surface area contributed by atoms with Crippen LogP contribution in [0.1, 0.15) is 13.8 Å². The van der Waals surface area contributed by atoms with Gasteiger partial charge in [-0.2, -0.15) is 0 Å². The molecule has 4 heteroatoms. The first-order valence-corrected chi connectivity index (χ1v) is 3.54. The van der Waals surface area contributed by atoms with Gasteiger partial charge in [-0.25, -0.2) is 0 Å². The maximum absolute atomic E-state index is 5.74. The van der Waals surface area contributed by atoms with Crippen molar-refractivity contribution < 1.29 is 0 Å². The van der Waals surface area contributed by atoms with Gasteiger partial charge in [-0.05, 0) is 13.8 Å². The molecule has 0 aromatic carbocycles. The van der Waals surface area contributed by atoms with Gasteiger partial charge in [0.2, 0.25) is 0 Å². The highest BCUT2D eigenvalue weighted by atomic mass is 35.5. The second-order valence-electron chi connectivity index (χ2n) is 2.31. The Kier molecular flexibility index (Phi) is 2.29. The summed E-state index contributed by atoms with van der Waals surface area (Å²) in [7, 11) is 0. The van der Waals surface area contributed by atoms with Crippen molar-refractivity contribution in [3.8, 4) is 0 Å². The number of alkyl halides is 1. The second kappa shape index (κ2) is 2.84. The van der Waals surface area contributed by atoms with E-state index in [1.807, 2.05) is 13.8 Å². The topological polar surface area (TPSA) is 36.1 Å². The number of hydrogen-bond acceptors (Lipinski definition) is 3. The minimum atomic E-state index is -0.101. The van der Waals surface area contributed by atoms with E-state index in [9.17, 15) is 0 Å². The summed E-state index contributed by atoms with van der Waals surface area (Å²) in [6, 6.07) is 0. The largest absolute Gasteiger partial charge is 0.287 e. The zero-order valence-electron chi connectivity index (χ0n) is 5.61. The van der Waals surface area contributed by atoms with Crippen molar-refractivity contribution in [3.05, 3.63) is 0 Å². The molecule has 1 heterocycles. The lowest BCUT2D eigenvalue weighted by molar-refractivity contribution is 0.268. The van der Waals surface area contributed by atoms with E-state index in [0.29, 0.717) is 12.3 Å². The standard InChI is InChI=1S/C5H12ClN3/c1-3-7-4(2)9-5(6)8-3/h3-5,7-9H,1-2H3. The molecule has 0 radical (unpaired) electrons. The van der Waals surface area contributed by atoms with Crippen molar-refractivity contribution in [2.75, 3.05) is 0 Å². The lowest BCUT2D eigenvalue weighted by Gasteiger charge is -2.32. The Morgan fingerprint density at radius 3 is 1.78 bits per heavy atom. The molecule has 0 bridgehead atoms. The lowest BCUT2D eigenvalue weighted by atomic mass is 10.4. The van der Waals surface area contributed by atoms with E-state index in [1.54, 1.807) is 0 Å². The quantitative estimate of drug-likeness (QED) is 0.335. The van der Waals surface area contributed by atoms with E-state index in [2.05, 4.69) is 16.0 Å². The van der Waals surface area contributed by atoms with Crippen LogP contribution < -0.4 is 16.0 Å². The van der Waals surface area contributed by atoms with Crippen LogP contribution in [0.15, 0.2) is 0 Å². The van der Waals surface area contributed by atoms with Gasteiger partial charge in [0, 0.05) is 0 Å². The predicted octanol–water partition coefficient (Wildman–Crippen LogP) is -0.0168. The Hall–Kier alpha value is 0.170. The van der Waals surface area contributed by atoms with Gasteiger partial charge in [0.25, 0.3) is 0 Å². The third-order valence-corrected chi connectivity index (χ3v) is 1.54. The van der Waals surface area contributed by atoms with Crippen molar-refractivity contribution in [1.29, 1.82) is 0 Å². The summed E-state index contributed by atoms with van der Waals surface area (Å²) in [4.78, 5) is 0. The first-order valence-electron chi connectivity index (χ1n) is 3.10. The maximum Gasteiger partial charge on any atom is 0.137 e. The van der Waals surface area contributed by atoms with Gasteiger partial charge in [-0.3, -0.25) is 16.0 Å². The number of rotatable bonds is 0. The van der Waals surface area contributed by atoms with Gasteiger partial charge in [-0.15, -0.1) is 0 Å². The number of hydrogen-bond donors (Lipinski definition) is 3. The molecule has 2 unspecified atom stereocenters. The van der Waals surface area contributed by atoms with Crippen molar-refractivity contribution in [2.24, 2.45) is 0 Å². The Morgan fingerprint density at radius 2 is 1.44 bits per heavy atom. The fourth-order valence-electron chi connectivity index (χ4n) is 0.958. The molecule has 54 valence electrons. The van der Waals surface area contributed by atoms with Crippen LogP contribution in [0.5, 0.6) is 0 Å². The molecule has 9 heavy (non-hydrogen) atoms. The van der Waals surface area contributed by atoms with E-state index in [1.165, 1.54) is 0 Å². The van der Waals surface area contributed by atoms with E-state index in [-0.39, 0.29) is 5.62 Å². The highest BCUT2D eigenvalue weighted by Gasteiger charge is 2.17. The summed E-state index contributed by atoms with van der Waals surface area (Å²) in [6.07, 6.45) is 0.590. The molecule has 1 aliphatic heterocycles. The third-order valence-electron chi connectivity index (χ3n) is 1.29. The molecule has 0 amide bonds. The van der Waals surface area contributed by atoms with Crippen molar-refractivity contribution in [3.63, 3.8) is 0 Å². The van der Waals surface area contributed by atoms with Gasteiger partial charge in [0.1, 0.15) is 5.62 Å². The van der Waals surface area contributed by atoms with E-state index in [0.717, 1.165) is 0 Å². The summed E-state index contributed by atoms with van der Waals surface area (Å²) in [5.41, 5.74) is -0.101. The van der Waals surface area contributed by atoms with Crippen LogP contribution in [0.25, 0.3) is 0 Å². The van der Waals surface area contributed by atoms with Crippen LogP contribution in [-0.2, 0) is 0 Å². The molecule has 1 aliphatic rings. The average Bonchev–Trinajstić information content (AvgIpc) is 1.59. The van der Waals surface area contributed by atoms with Gasteiger partial charge in [-0.1, -0.05) is 11.6 Å². The molecular weight excluding hydrogens is 138 g/mol. The van der Waals surface area contributed by atoms with Crippen LogP contribution in [-0.4, -0.2) is 18.0 Å². The molecule has 0 saturated carbocycles. The Morgan fingerprint density at radius 1 is 1.00 bits per heavy atom. The maximum atomic E-state index is 5.74. The Balaban J connectivity index is 2.34. The average molecular weight is 150 g/mol. The Labute approximate surface area is 60.1 Å². The van der Waals surface area contributed by atoms with Gasteiger partial charge in [0.05, 0.1) is 12.3 Å². The SMILES string of the molecule is CC1NC(C)NC(Cl)N1. The van der Waals surface area contributed by atoms with Crippen LogP contribution in [0.4, 0.5) is 0 Å². The van der Waals surface area contributed by atoms with Gasteiger partial charge >= 0.3 is 0 Å². The van der Waals surface area contributed by atoms with E-state index in [4.69, 9.17) is 11.6 Å². The molecular formula is C5H12ClN3. The monoisotopic (exact) mass is 149 g/mol. The zero-order valence-corrected chi connectivity index (χ0v) is 6.37. The fraction of sp³-hybridized carbons (Fsp3) is 1.00. The highest BCUT2D eigenvalue weighted by molar-refractivity contribution is 6.20. The lowest BCUT2D eigenvalue weighted by Crippen LogP contribution is -2.63. The molecule has 3 nitrogen and oxygen atoms in total. The molecule has 0 aromatic heterocycles. The summed E-state index contributed by atoms with van der Waals surface area (Å²) in [5, 5.41) is 9.31. The van der Waals surface area contributed by atoms with E-state index < -0.39 is 0 Å². The predicted molar refractivity (Wildman–Crippen MR) is 38.0 cm³/mol. The molecule has 1 fully saturated rings. The zero-order chi connectivity index (χ0) is 6.85. The summed E-state index contributed by atoms with van der Waals surface area (Å²) >= 11 is 5.74. The van der Waals surface area contributed by atoms with E-state index >= 15 is 0 Å². The number of nitrogens with one attached hydrogen (secondary N) is 3. The highest BCUT2D eigenvalue weighted by Crippen LogP contribution is 1.95. The fourth-order valence-corrected chi connectivity index (χ4v) is 1.34. The molecule has 1 saturated heterocycles. The minimum absolute atomic E-state index is 0.101. The van der Waals surface area contributed by atoms with Crippen LogP contribution in [0.3, 0.4) is 0 Å². The molecule has 0 aromatic rings. The molecule has 1 rings (SSSR count). The normalized spacial score (nSPS) is 45.0. The summed E-state index contributed by atoms with van der Waals surface area (Å²) < 4.78 is 0. The van der Waals surface area contributed by atoms with Crippen LogP contribution in [0.2, 0.25) is 0 Å². The van der Waals surface area contributed by atoms with Crippen LogP contribution in [0, 0.1) is 0 Å². The molecule has 0 aliphatic carbocycles. The first kappa shape index (κ1) is 7.28. The first-order chi connectivity index (χ1) is 4.18. The third kappa shape index (κ3) is 2.10. The summed E-state index contributed by atoms with van der Waals surface area (Å²) in [5.74, 6) is 0. The summed E-state index contributed by atoms with van der Waals surface area (Å²) in [6.45, 7) is 4.07. The van der Waals surface area contributed by atoms with Gasteiger partial charge in [0.15, 0.2) is 0 Å². The van der Waals surface area contributed by atoms with Crippen LogP contribution >= 0.6 is 11.6 Å². The van der Waals surface area contributed by atoms with Crippen molar-refractivity contribution >= 4 is 11.6 Å². The smallest absolute Gasteiger partial charge is 0.137 e. The van der Waals surface area contributed by atoms with Crippen molar-refractivity contribution in [2.45, 2.75) is 31.8 Å².